The van der Waals surface area contributed by atoms with Crippen molar-refractivity contribution in [3.8, 4) is 0 Å². The summed E-state index contributed by atoms with van der Waals surface area (Å²) in [7, 11) is -4.36. The number of unbranched alkanes of at least 4 members (excludes halogenated alkanes) is 13. The number of allylic oxidation sites excluding steroid dienone is 6. The minimum atomic E-state index is -4.36. The molecule has 2 unspecified atom stereocenters. The highest BCUT2D eigenvalue weighted by atomic mass is 31.2. The van der Waals surface area contributed by atoms with Gasteiger partial charge < -0.3 is 20.1 Å². The summed E-state index contributed by atoms with van der Waals surface area (Å²) in [5.41, 5.74) is 5.31. The number of hydrogen-bond acceptors (Lipinski definition) is 8. The molecule has 0 saturated heterocycles. The van der Waals surface area contributed by atoms with Gasteiger partial charge in [0.2, 0.25) is 0 Å². The summed E-state index contributed by atoms with van der Waals surface area (Å²) in [6.45, 7) is 3.53. The molecule has 0 radical (unpaired) electrons. The number of esters is 2. The minimum absolute atomic E-state index is 0.0513. The van der Waals surface area contributed by atoms with Gasteiger partial charge in [-0.2, -0.15) is 0 Å². The molecule has 0 aromatic heterocycles. The Bertz CT molecular complexity index is 846. The quantitative estimate of drug-likeness (QED) is 0.0314. The van der Waals surface area contributed by atoms with Crippen LogP contribution in [0.3, 0.4) is 0 Å². The Morgan fingerprint density at radius 2 is 1.22 bits per heavy atom. The number of carbonyl (C=O) groups excluding carboxylic acids is 2. The van der Waals surface area contributed by atoms with Gasteiger partial charge in [0.1, 0.15) is 6.61 Å². The highest BCUT2D eigenvalue weighted by Gasteiger charge is 2.25. The van der Waals surface area contributed by atoms with E-state index in [2.05, 4.69) is 50.3 Å². The van der Waals surface area contributed by atoms with Crippen molar-refractivity contribution < 1.29 is 37.6 Å². The summed E-state index contributed by atoms with van der Waals surface area (Å²) in [6, 6.07) is 0. The number of ether oxygens (including phenoxy) is 2. The summed E-state index contributed by atoms with van der Waals surface area (Å²) in [5, 5.41) is 0. The molecule has 9 nitrogen and oxygen atoms in total. The van der Waals surface area contributed by atoms with Gasteiger partial charge in [0.25, 0.3) is 0 Å². The lowest BCUT2D eigenvalue weighted by Gasteiger charge is -2.19. The number of hydrogen-bond donors (Lipinski definition) is 2. The molecule has 45 heavy (non-hydrogen) atoms. The van der Waals surface area contributed by atoms with E-state index in [0.29, 0.717) is 6.42 Å². The van der Waals surface area contributed by atoms with E-state index in [1.807, 2.05) is 0 Å². The first kappa shape index (κ1) is 43.2. The third kappa shape index (κ3) is 32.0. The second kappa shape index (κ2) is 32.2. The van der Waals surface area contributed by atoms with Crippen LogP contribution in [-0.4, -0.2) is 49.3 Å². The molecule has 0 aliphatic heterocycles. The van der Waals surface area contributed by atoms with E-state index in [1.54, 1.807) is 0 Å². The van der Waals surface area contributed by atoms with E-state index in [-0.39, 0.29) is 32.6 Å². The maximum Gasteiger partial charge on any atom is 0.472 e. The minimum Gasteiger partial charge on any atom is -0.462 e. The smallest absolute Gasteiger partial charge is 0.462 e. The fraction of sp³-hybridized carbons (Fsp3) is 0.771. The highest BCUT2D eigenvalue weighted by Crippen LogP contribution is 2.43. The van der Waals surface area contributed by atoms with Crippen molar-refractivity contribution >= 4 is 19.8 Å². The molecule has 0 spiro atoms. The largest absolute Gasteiger partial charge is 0.472 e. The van der Waals surface area contributed by atoms with Gasteiger partial charge in [0.15, 0.2) is 6.10 Å². The summed E-state index contributed by atoms with van der Waals surface area (Å²) >= 11 is 0. The zero-order valence-corrected chi connectivity index (χ0v) is 29.2. The Morgan fingerprint density at radius 3 is 1.82 bits per heavy atom. The number of rotatable bonds is 32. The summed E-state index contributed by atoms with van der Waals surface area (Å²) in [4.78, 5) is 34.5. The molecule has 0 fully saturated rings. The first-order valence-corrected chi connectivity index (χ1v) is 19.0. The topological polar surface area (TPSA) is 134 Å². The van der Waals surface area contributed by atoms with Crippen LogP contribution in [0.25, 0.3) is 0 Å². The molecular formula is C35H64NO8P. The lowest BCUT2D eigenvalue weighted by Crippen LogP contribution is -2.29. The standard InChI is InChI=1S/C35H64NO8P/c1-3-5-7-9-11-12-13-14-15-16-17-18-19-20-22-24-26-28-35(38)44-33(32-43-45(39,40)42-30-29-36)31-41-34(37)27-25-23-21-10-8-6-4-2/h5,7,11-12,14-15,33H,3-4,6,8-10,13,16-32,36H2,1-2H3,(H,39,40)/b7-5-,12-11-,15-14-. The van der Waals surface area contributed by atoms with Crippen LogP contribution in [0.2, 0.25) is 0 Å². The first-order chi connectivity index (χ1) is 21.8. The summed E-state index contributed by atoms with van der Waals surface area (Å²) < 4.78 is 32.5. The number of phosphoric acid groups is 1. The predicted molar refractivity (Wildman–Crippen MR) is 183 cm³/mol. The van der Waals surface area contributed by atoms with Crippen LogP contribution < -0.4 is 5.73 Å². The van der Waals surface area contributed by atoms with Crippen LogP contribution in [0.5, 0.6) is 0 Å². The van der Waals surface area contributed by atoms with E-state index in [1.165, 1.54) is 44.9 Å². The van der Waals surface area contributed by atoms with Gasteiger partial charge in [-0.3, -0.25) is 18.6 Å². The van der Waals surface area contributed by atoms with Gasteiger partial charge in [0, 0.05) is 19.4 Å². The zero-order chi connectivity index (χ0) is 33.3. The molecule has 0 heterocycles. The lowest BCUT2D eigenvalue weighted by molar-refractivity contribution is -0.161. The SMILES string of the molecule is CC/C=C\C/C=C\C/C=C\CCCCCCCCCC(=O)OC(COC(=O)CCCCCCCCC)COP(=O)(O)OCCN. The monoisotopic (exact) mass is 657 g/mol. The number of carbonyl (C=O) groups is 2. The Hall–Kier alpha value is -1.77. The van der Waals surface area contributed by atoms with Crippen LogP contribution in [0.1, 0.15) is 142 Å². The molecule has 2 atom stereocenters. The van der Waals surface area contributed by atoms with E-state index in [4.69, 9.17) is 24.3 Å². The molecule has 0 amide bonds. The normalized spacial score (nSPS) is 14.0. The maximum atomic E-state index is 12.5. The molecule has 0 bridgehead atoms. The molecular weight excluding hydrogens is 593 g/mol. The fourth-order valence-electron chi connectivity index (χ4n) is 4.47. The van der Waals surface area contributed by atoms with Gasteiger partial charge in [-0.1, -0.05) is 121 Å². The van der Waals surface area contributed by atoms with Crippen LogP contribution in [0, 0.1) is 0 Å². The van der Waals surface area contributed by atoms with Crippen LogP contribution in [0.15, 0.2) is 36.5 Å². The van der Waals surface area contributed by atoms with Crippen molar-refractivity contribution in [3.05, 3.63) is 36.5 Å². The van der Waals surface area contributed by atoms with Gasteiger partial charge in [0.05, 0.1) is 13.2 Å². The Labute approximate surface area is 274 Å². The Kier molecular flexibility index (Phi) is 30.9. The molecule has 0 aromatic rings. The van der Waals surface area contributed by atoms with Gasteiger partial charge in [-0.25, -0.2) is 4.57 Å². The molecule has 3 N–H and O–H groups in total. The van der Waals surface area contributed by atoms with E-state index in [0.717, 1.165) is 64.2 Å². The third-order valence-electron chi connectivity index (χ3n) is 7.04. The molecule has 10 heteroatoms. The lowest BCUT2D eigenvalue weighted by atomic mass is 10.1. The molecule has 0 rings (SSSR count). The first-order valence-electron chi connectivity index (χ1n) is 17.5. The average molecular weight is 658 g/mol. The van der Waals surface area contributed by atoms with Crippen LogP contribution >= 0.6 is 7.82 Å². The molecule has 0 aromatic carbocycles. The fourth-order valence-corrected chi connectivity index (χ4v) is 5.24. The van der Waals surface area contributed by atoms with Crippen molar-refractivity contribution in [1.82, 2.24) is 0 Å². The van der Waals surface area contributed by atoms with Crippen molar-refractivity contribution in [1.29, 1.82) is 0 Å². The Balaban J connectivity index is 4.22. The van der Waals surface area contributed by atoms with Crippen LogP contribution in [-0.2, 0) is 32.7 Å². The van der Waals surface area contributed by atoms with E-state index in [9.17, 15) is 19.0 Å². The molecule has 0 aliphatic rings. The second-order valence-corrected chi connectivity index (χ2v) is 12.8. The van der Waals surface area contributed by atoms with Gasteiger partial charge in [-0.15, -0.1) is 0 Å². The second-order valence-electron chi connectivity index (χ2n) is 11.4. The summed E-state index contributed by atoms with van der Waals surface area (Å²) in [6.07, 6.45) is 31.9. The van der Waals surface area contributed by atoms with Gasteiger partial charge >= 0.3 is 19.8 Å². The predicted octanol–water partition coefficient (Wildman–Crippen LogP) is 9.04. The van der Waals surface area contributed by atoms with Crippen molar-refractivity contribution in [2.45, 2.75) is 148 Å². The van der Waals surface area contributed by atoms with Crippen molar-refractivity contribution in [2.24, 2.45) is 5.73 Å². The number of nitrogens with two attached hydrogens (primary N) is 1. The van der Waals surface area contributed by atoms with Crippen molar-refractivity contribution in [3.63, 3.8) is 0 Å². The maximum absolute atomic E-state index is 12.5. The van der Waals surface area contributed by atoms with Crippen molar-refractivity contribution in [2.75, 3.05) is 26.4 Å². The van der Waals surface area contributed by atoms with E-state index >= 15 is 0 Å². The van der Waals surface area contributed by atoms with E-state index < -0.39 is 32.5 Å². The molecule has 262 valence electrons. The highest BCUT2D eigenvalue weighted by molar-refractivity contribution is 7.47. The molecule has 0 saturated carbocycles. The number of phosphoric ester groups is 1. The average Bonchev–Trinajstić information content (AvgIpc) is 3.02. The van der Waals surface area contributed by atoms with Gasteiger partial charge in [-0.05, 0) is 44.9 Å². The summed E-state index contributed by atoms with van der Waals surface area (Å²) in [5.74, 6) is -0.850. The molecule has 0 aliphatic carbocycles. The third-order valence-corrected chi connectivity index (χ3v) is 8.02. The Morgan fingerprint density at radius 1 is 0.689 bits per heavy atom. The van der Waals surface area contributed by atoms with Crippen LogP contribution in [0.4, 0.5) is 0 Å². The zero-order valence-electron chi connectivity index (χ0n) is 28.3.